The Morgan fingerprint density at radius 1 is 1.19 bits per heavy atom. The van der Waals surface area contributed by atoms with E-state index in [0.717, 1.165) is 25.9 Å². The van der Waals surface area contributed by atoms with E-state index in [2.05, 4.69) is 10.6 Å². The molecule has 0 radical (unpaired) electrons. The molecule has 0 aliphatic heterocycles. The highest BCUT2D eigenvalue weighted by atomic mass is 16.5. The second-order valence-electron chi connectivity index (χ2n) is 5.91. The minimum absolute atomic E-state index is 0.0814. The van der Waals surface area contributed by atoms with Gasteiger partial charge >= 0.3 is 12.0 Å². The van der Waals surface area contributed by atoms with E-state index in [0.29, 0.717) is 19.5 Å². The highest BCUT2D eigenvalue weighted by Crippen LogP contribution is 2.38. The van der Waals surface area contributed by atoms with Crippen LogP contribution in [0.4, 0.5) is 4.79 Å². The maximum absolute atomic E-state index is 11.7. The summed E-state index contributed by atoms with van der Waals surface area (Å²) in [4.78, 5) is 22.1. The van der Waals surface area contributed by atoms with Crippen LogP contribution in [0.25, 0.3) is 0 Å². The molecule has 0 heterocycles. The molecule has 0 aromatic heterocycles. The Labute approximate surface area is 126 Å². The van der Waals surface area contributed by atoms with Crippen molar-refractivity contribution in [3.05, 3.63) is 0 Å². The van der Waals surface area contributed by atoms with Crippen LogP contribution in [0.3, 0.4) is 0 Å². The summed E-state index contributed by atoms with van der Waals surface area (Å²) in [7, 11) is 1.71. The number of methoxy groups -OCH3 is 1. The highest BCUT2D eigenvalue weighted by molar-refractivity contribution is 5.74. The molecule has 3 N–H and O–H groups in total. The minimum atomic E-state index is -0.835. The first-order valence-electron chi connectivity index (χ1n) is 7.80. The monoisotopic (exact) mass is 300 g/mol. The third-order valence-corrected chi connectivity index (χ3v) is 4.23. The van der Waals surface area contributed by atoms with Crippen LogP contribution in [0.5, 0.6) is 0 Å². The van der Waals surface area contributed by atoms with Crippen LogP contribution in [-0.2, 0) is 9.53 Å². The van der Waals surface area contributed by atoms with Gasteiger partial charge in [-0.25, -0.2) is 4.79 Å². The maximum atomic E-state index is 11.7. The number of carboxylic acid groups (broad SMARTS) is 1. The third-order valence-electron chi connectivity index (χ3n) is 4.23. The van der Waals surface area contributed by atoms with Crippen LogP contribution in [0.15, 0.2) is 0 Å². The molecule has 0 spiro atoms. The first-order valence-corrected chi connectivity index (χ1v) is 7.80. The fraction of sp³-hybridized carbons (Fsp3) is 0.867. The van der Waals surface area contributed by atoms with Crippen LogP contribution in [0, 0.1) is 5.41 Å². The van der Waals surface area contributed by atoms with Gasteiger partial charge in [0, 0.05) is 33.2 Å². The zero-order valence-corrected chi connectivity index (χ0v) is 13.0. The van der Waals surface area contributed by atoms with E-state index in [-0.39, 0.29) is 17.9 Å². The Hall–Kier alpha value is -1.30. The molecule has 6 nitrogen and oxygen atoms in total. The van der Waals surface area contributed by atoms with Crippen LogP contribution >= 0.6 is 0 Å². The fourth-order valence-corrected chi connectivity index (χ4v) is 2.91. The number of nitrogens with one attached hydrogen (secondary N) is 2. The van der Waals surface area contributed by atoms with E-state index in [4.69, 9.17) is 9.84 Å². The Bertz CT molecular complexity index is 328. The smallest absolute Gasteiger partial charge is 0.314 e. The molecule has 122 valence electrons. The predicted octanol–water partition coefficient (Wildman–Crippen LogP) is 2.14. The molecule has 0 aromatic carbocycles. The van der Waals surface area contributed by atoms with Gasteiger partial charge in [0.15, 0.2) is 0 Å². The van der Waals surface area contributed by atoms with Crippen molar-refractivity contribution >= 4 is 12.0 Å². The zero-order valence-electron chi connectivity index (χ0n) is 13.0. The molecule has 1 saturated carbocycles. The summed E-state index contributed by atoms with van der Waals surface area (Å²) in [5.74, 6) is -0.835. The Balaban J connectivity index is 2.28. The minimum Gasteiger partial charge on any atom is -0.481 e. The summed E-state index contributed by atoms with van der Waals surface area (Å²) < 4.78 is 5.19. The first-order chi connectivity index (χ1) is 10.1. The standard InChI is InChI=1S/C15H28N2O4/c1-21-11-9-15(7-3-2-4-8-15)12-17-14(20)16-10-5-6-13(18)19/h2-12H2,1H3,(H,18,19)(H2,16,17,20). The lowest BCUT2D eigenvalue weighted by Crippen LogP contribution is -2.44. The van der Waals surface area contributed by atoms with E-state index < -0.39 is 5.97 Å². The summed E-state index contributed by atoms with van der Waals surface area (Å²) in [5.41, 5.74) is 0.159. The first kappa shape index (κ1) is 17.8. The molecule has 0 unspecified atom stereocenters. The molecule has 1 aliphatic carbocycles. The highest BCUT2D eigenvalue weighted by Gasteiger charge is 2.31. The van der Waals surface area contributed by atoms with Crippen molar-refractivity contribution in [2.24, 2.45) is 5.41 Å². The number of hydrogen-bond donors (Lipinski definition) is 3. The van der Waals surface area contributed by atoms with Crippen molar-refractivity contribution in [2.45, 2.75) is 51.4 Å². The largest absolute Gasteiger partial charge is 0.481 e. The molecule has 1 aliphatic rings. The molecule has 1 rings (SSSR count). The van der Waals surface area contributed by atoms with E-state index in [1.165, 1.54) is 19.3 Å². The lowest BCUT2D eigenvalue weighted by molar-refractivity contribution is -0.137. The topological polar surface area (TPSA) is 87.7 Å². The maximum Gasteiger partial charge on any atom is 0.314 e. The van der Waals surface area contributed by atoms with Gasteiger partial charge in [-0.05, 0) is 31.1 Å². The second-order valence-corrected chi connectivity index (χ2v) is 5.91. The predicted molar refractivity (Wildman–Crippen MR) is 80.3 cm³/mol. The number of carboxylic acids is 1. The molecule has 0 saturated heterocycles. The summed E-state index contributed by atoms with van der Waals surface area (Å²) >= 11 is 0. The van der Waals surface area contributed by atoms with Gasteiger partial charge in [0.05, 0.1) is 0 Å². The van der Waals surface area contributed by atoms with Gasteiger partial charge in [-0.15, -0.1) is 0 Å². The zero-order chi connectivity index (χ0) is 15.6. The van der Waals surface area contributed by atoms with Crippen LogP contribution in [-0.4, -0.2) is 43.9 Å². The molecule has 21 heavy (non-hydrogen) atoms. The number of ether oxygens (including phenoxy) is 1. The number of carbonyl (C=O) groups is 2. The van der Waals surface area contributed by atoms with Gasteiger partial charge in [-0.2, -0.15) is 0 Å². The Kier molecular flexibility index (Phi) is 8.12. The molecule has 1 fully saturated rings. The quantitative estimate of drug-likeness (QED) is 0.569. The summed E-state index contributed by atoms with van der Waals surface area (Å²) in [6.45, 7) is 1.78. The van der Waals surface area contributed by atoms with Gasteiger partial charge in [0.25, 0.3) is 0 Å². The van der Waals surface area contributed by atoms with E-state index in [1.807, 2.05) is 0 Å². The SMILES string of the molecule is COCCC1(CNC(=O)NCCCC(=O)O)CCCCC1. The van der Waals surface area contributed by atoms with E-state index >= 15 is 0 Å². The average Bonchev–Trinajstić information content (AvgIpc) is 2.48. The lowest BCUT2D eigenvalue weighted by Gasteiger charge is -2.37. The number of urea groups is 1. The van der Waals surface area contributed by atoms with E-state index in [9.17, 15) is 9.59 Å². The van der Waals surface area contributed by atoms with E-state index in [1.54, 1.807) is 7.11 Å². The number of carbonyl (C=O) groups excluding carboxylic acids is 1. The van der Waals surface area contributed by atoms with Crippen molar-refractivity contribution < 1.29 is 19.4 Å². The van der Waals surface area contributed by atoms with Gasteiger partial charge in [0.1, 0.15) is 0 Å². The van der Waals surface area contributed by atoms with Crippen molar-refractivity contribution in [1.82, 2.24) is 10.6 Å². The normalized spacial score (nSPS) is 17.2. The second kappa shape index (κ2) is 9.60. The molecule has 0 bridgehead atoms. The Morgan fingerprint density at radius 3 is 2.52 bits per heavy atom. The molecule has 2 amide bonds. The number of amides is 2. The van der Waals surface area contributed by atoms with Crippen molar-refractivity contribution in [1.29, 1.82) is 0 Å². The van der Waals surface area contributed by atoms with Crippen LogP contribution in [0.2, 0.25) is 0 Å². The van der Waals surface area contributed by atoms with Crippen molar-refractivity contribution in [2.75, 3.05) is 26.8 Å². The summed E-state index contributed by atoms with van der Waals surface area (Å²) in [6, 6.07) is -0.206. The molecule has 0 atom stereocenters. The van der Waals surface area contributed by atoms with Gasteiger partial charge in [0.2, 0.25) is 0 Å². The van der Waals surface area contributed by atoms with Crippen LogP contribution in [0.1, 0.15) is 51.4 Å². The Morgan fingerprint density at radius 2 is 1.90 bits per heavy atom. The summed E-state index contributed by atoms with van der Waals surface area (Å²) in [6.07, 6.45) is 7.48. The molecule has 0 aromatic rings. The number of rotatable bonds is 9. The molecular weight excluding hydrogens is 272 g/mol. The van der Waals surface area contributed by atoms with Crippen LogP contribution < -0.4 is 10.6 Å². The van der Waals surface area contributed by atoms with Gasteiger partial charge in [-0.3, -0.25) is 4.79 Å². The van der Waals surface area contributed by atoms with Gasteiger partial charge in [-0.1, -0.05) is 19.3 Å². The summed E-state index contributed by atoms with van der Waals surface area (Å²) in [5, 5.41) is 14.2. The van der Waals surface area contributed by atoms with Crippen molar-refractivity contribution in [3.63, 3.8) is 0 Å². The average molecular weight is 300 g/mol. The number of hydrogen-bond acceptors (Lipinski definition) is 3. The third kappa shape index (κ3) is 7.32. The molecular formula is C15H28N2O4. The van der Waals surface area contributed by atoms with Crippen molar-refractivity contribution in [3.8, 4) is 0 Å². The number of aliphatic carboxylic acids is 1. The molecule has 6 heteroatoms. The fourth-order valence-electron chi connectivity index (χ4n) is 2.91. The van der Waals surface area contributed by atoms with Gasteiger partial charge < -0.3 is 20.5 Å². The lowest BCUT2D eigenvalue weighted by atomic mass is 9.72.